The Morgan fingerprint density at radius 3 is 2.30 bits per heavy atom. The van der Waals surface area contributed by atoms with Gasteiger partial charge in [-0.25, -0.2) is 24.0 Å². The minimum absolute atomic E-state index is 0.0362. The molecule has 6 nitrogen and oxygen atoms in total. The maximum Gasteiger partial charge on any atom is 0.244 e. The summed E-state index contributed by atoms with van der Waals surface area (Å²) >= 11 is 3.23. The maximum atomic E-state index is 12.6. The first-order valence-electron chi connectivity index (χ1n) is 6.50. The summed E-state index contributed by atoms with van der Waals surface area (Å²) in [4.78, 5) is 4.00. The number of anilines is 1. The van der Waals surface area contributed by atoms with Crippen LogP contribution in [0, 0.1) is 0 Å². The molecule has 0 aliphatic carbocycles. The van der Waals surface area contributed by atoms with Gasteiger partial charge in [-0.1, -0.05) is 20.8 Å². The zero-order valence-corrected chi connectivity index (χ0v) is 14.3. The van der Waals surface area contributed by atoms with E-state index in [9.17, 15) is 8.42 Å². The van der Waals surface area contributed by atoms with Crippen LogP contribution >= 0.6 is 15.9 Å². The molecule has 1 heterocycles. The van der Waals surface area contributed by atoms with Gasteiger partial charge in [-0.05, 0) is 41.3 Å². The lowest BCUT2D eigenvalue weighted by Gasteiger charge is -2.31. The zero-order chi connectivity index (χ0) is 15.4. The van der Waals surface area contributed by atoms with E-state index in [4.69, 9.17) is 5.84 Å². The van der Waals surface area contributed by atoms with Gasteiger partial charge in [0, 0.05) is 16.2 Å². The van der Waals surface area contributed by atoms with Crippen LogP contribution < -0.4 is 16.0 Å². The van der Waals surface area contributed by atoms with Crippen molar-refractivity contribution in [2.45, 2.75) is 50.5 Å². The predicted octanol–water partition coefficient (Wildman–Crippen LogP) is 2.38. The van der Waals surface area contributed by atoms with Gasteiger partial charge < -0.3 is 5.43 Å². The third kappa shape index (κ3) is 3.69. The van der Waals surface area contributed by atoms with Crippen LogP contribution in [0.15, 0.2) is 21.6 Å². The highest BCUT2D eigenvalue weighted by atomic mass is 79.9. The second-order valence-corrected chi connectivity index (χ2v) is 7.16. The lowest BCUT2D eigenvalue weighted by molar-refractivity contribution is 0.341. The smallest absolute Gasteiger partial charge is 0.244 e. The summed E-state index contributed by atoms with van der Waals surface area (Å²) < 4.78 is 28.5. The van der Waals surface area contributed by atoms with Gasteiger partial charge in [-0.3, -0.25) is 0 Å². The van der Waals surface area contributed by atoms with E-state index in [1.807, 2.05) is 20.8 Å². The normalized spacial score (nSPS) is 12.4. The second-order valence-electron chi connectivity index (χ2n) is 4.59. The fraction of sp³-hybridized carbons (Fsp3) is 0.583. The Balaban J connectivity index is 3.27. The summed E-state index contributed by atoms with van der Waals surface area (Å²) in [6, 6.07) is 1.48. The minimum atomic E-state index is -3.70. The number of nitrogen functional groups attached to an aromatic ring is 1. The highest BCUT2D eigenvalue weighted by molar-refractivity contribution is 9.10. The van der Waals surface area contributed by atoms with Gasteiger partial charge in [-0.2, -0.15) is 0 Å². The van der Waals surface area contributed by atoms with Gasteiger partial charge in [0.05, 0.1) is 0 Å². The molecule has 0 spiro atoms. The topological polar surface area (TPSA) is 97.1 Å². The number of pyridine rings is 1. The fourth-order valence-electron chi connectivity index (χ4n) is 2.04. The van der Waals surface area contributed by atoms with Gasteiger partial charge in [0.25, 0.3) is 0 Å². The first-order chi connectivity index (χ1) is 9.34. The van der Waals surface area contributed by atoms with Crippen LogP contribution in [0.1, 0.15) is 40.0 Å². The molecule has 0 radical (unpaired) electrons. The van der Waals surface area contributed by atoms with Crippen molar-refractivity contribution < 1.29 is 8.42 Å². The first kappa shape index (κ1) is 17.4. The molecule has 0 aliphatic rings. The van der Waals surface area contributed by atoms with Crippen molar-refractivity contribution >= 4 is 31.8 Å². The molecule has 4 N–H and O–H groups in total. The van der Waals surface area contributed by atoms with Gasteiger partial charge in [-0.15, -0.1) is 0 Å². The van der Waals surface area contributed by atoms with Gasteiger partial charge in [0.15, 0.2) is 5.82 Å². The van der Waals surface area contributed by atoms with Crippen molar-refractivity contribution in [2.75, 3.05) is 5.43 Å². The lowest BCUT2D eigenvalue weighted by Crippen LogP contribution is -2.47. The van der Waals surface area contributed by atoms with E-state index in [1.54, 1.807) is 0 Å². The van der Waals surface area contributed by atoms with Crippen LogP contribution in [0.4, 0.5) is 5.82 Å². The second kappa shape index (κ2) is 6.84. The van der Waals surface area contributed by atoms with Crippen molar-refractivity contribution in [3.05, 3.63) is 16.7 Å². The first-order valence-corrected chi connectivity index (χ1v) is 8.78. The van der Waals surface area contributed by atoms with Crippen molar-refractivity contribution in [1.29, 1.82) is 0 Å². The van der Waals surface area contributed by atoms with Crippen molar-refractivity contribution in [3.63, 3.8) is 0 Å². The molecule has 1 aromatic heterocycles. The van der Waals surface area contributed by atoms with Gasteiger partial charge >= 0.3 is 0 Å². The SMILES string of the molecule is CCC(CC)(CC)NS(=O)(=O)c1cc(Br)cnc1NN. The Morgan fingerprint density at radius 2 is 1.85 bits per heavy atom. The molecule has 1 aromatic rings. The van der Waals surface area contributed by atoms with E-state index in [1.165, 1.54) is 12.3 Å². The number of rotatable bonds is 7. The molecule has 0 aliphatic heterocycles. The quantitative estimate of drug-likeness (QED) is 0.509. The standard InChI is InChI=1S/C12H21BrN4O2S/c1-4-12(5-2,6-3)17-20(18,19)10-7-9(13)8-15-11(10)16-14/h7-8,17H,4-6,14H2,1-3H3,(H,15,16). The molecule has 0 fully saturated rings. The van der Waals surface area contributed by atoms with Crippen LogP contribution in [0.5, 0.6) is 0 Å². The van der Waals surface area contributed by atoms with Gasteiger partial charge in [0.1, 0.15) is 4.90 Å². The molecular formula is C12H21BrN4O2S. The number of nitrogens with two attached hydrogens (primary N) is 1. The Hall–Kier alpha value is -0.700. The average molecular weight is 365 g/mol. The number of nitrogens with zero attached hydrogens (tertiary/aromatic N) is 1. The molecule has 0 atom stereocenters. The molecule has 114 valence electrons. The summed E-state index contributed by atoms with van der Waals surface area (Å²) in [7, 11) is -3.70. The van der Waals surface area contributed by atoms with Gasteiger partial charge in [0.2, 0.25) is 10.0 Å². The third-order valence-corrected chi connectivity index (χ3v) is 5.65. The summed E-state index contributed by atoms with van der Waals surface area (Å²) in [5.74, 6) is 5.46. The highest BCUT2D eigenvalue weighted by Crippen LogP contribution is 2.27. The number of nitrogens with one attached hydrogen (secondary N) is 2. The average Bonchev–Trinajstić information content (AvgIpc) is 2.45. The summed E-state index contributed by atoms with van der Waals surface area (Å²) in [5, 5.41) is 0. The minimum Gasteiger partial charge on any atom is -0.307 e. The summed E-state index contributed by atoms with van der Waals surface area (Å²) in [6.45, 7) is 5.91. The Bertz CT molecular complexity index is 550. The van der Waals surface area contributed by atoms with Crippen LogP contribution in [-0.2, 0) is 10.0 Å². The highest BCUT2D eigenvalue weighted by Gasteiger charge is 2.32. The lowest BCUT2D eigenvalue weighted by atomic mass is 9.91. The van der Waals surface area contributed by atoms with E-state index in [0.717, 1.165) is 0 Å². The summed E-state index contributed by atoms with van der Waals surface area (Å²) in [6.07, 6.45) is 3.63. The molecule has 0 bridgehead atoms. The third-order valence-electron chi connectivity index (χ3n) is 3.63. The largest absolute Gasteiger partial charge is 0.307 e. The zero-order valence-electron chi connectivity index (χ0n) is 11.9. The number of hydrogen-bond acceptors (Lipinski definition) is 5. The van der Waals surface area contributed by atoms with Crippen LogP contribution in [0.2, 0.25) is 0 Å². The number of sulfonamides is 1. The Kier molecular flexibility index (Phi) is 5.93. The van der Waals surface area contributed by atoms with E-state index >= 15 is 0 Å². The number of hydrogen-bond donors (Lipinski definition) is 3. The van der Waals surface area contributed by atoms with Crippen molar-refractivity contribution in [2.24, 2.45) is 5.84 Å². The molecule has 20 heavy (non-hydrogen) atoms. The molecular weight excluding hydrogens is 344 g/mol. The predicted molar refractivity (Wildman–Crippen MR) is 83.7 cm³/mol. The van der Waals surface area contributed by atoms with E-state index in [-0.39, 0.29) is 10.7 Å². The molecule has 8 heteroatoms. The Morgan fingerprint density at radius 1 is 1.30 bits per heavy atom. The van der Waals surface area contributed by atoms with Crippen molar-refractivity contribution in [3.8, 4) is 0 Å². The number of hydrazine groups is 1. The molecule has 0 saturated carbocycles. The maximum absolute atomic E-state index is 12.6. The molecule has 0 aromatic carbocycles. The van der Waals surface area contributed by atoms with Crippen LogP contribution in [0.3, 0.4) is 0 Å². The molecule has 0 saturated heterocycles. The van der Waals surface area contributed by atoms with E-state index in [0.29, 0.717) is 23.7 Å². The molecule has 1 rings (SSSR count). The summed E-state index contributed by atoms with van der Waals surface area (Å²) in [5.41, 5.74) is 1.87. The van der Waals surface area contributed by atoms with Crippen molar-refractivity contribution in [1.82, 2.24) is 9.71 Å². The van der Waals surface area contributed by atoms with E-state index in [2.05, 4.69) is 31.1 Å². The number of aromatic nitrogens is 1. The molecule has 0 amide bonds. The van der Waals surface area contributed by atoms with Crippen LogP contribution in [-0.4, -0.2) is 18.9 Å². The Labute approximate surface area is 128 Å². The number of halogens is 1. The monoisotopic (exact) mass is 364 g/mol. The van der Waals surface area contributed by atoms with Crippen LogP contribution in [0.25, 0.3) is 0 Å². The van der Waals surface area contributed by atoms with E-state index < -0.39 is 15.6 Å². The molecule has 0 unspecified atom stereocenters. The fourth-order valence-corrected chi connectivity index (χ4v) is 4.28.